The van der Waals surface area contributed by atoms with Gasteiger partial charge in [0.2, 0.25) is 0 Å². The summed E-state index contributed by atoms with van der Waals surface area (Å²) >= 11 is 0. The van der Waals surface area contributed by atoms with Gasteiger partial charge in [0.25, 0.3) is 5.56 Å². The summed E-state index contributed by atoms with van der Waals surface area (Å²) in [5.41, 5.74) is 4.63. The van der Waals surface area contributed by atoms with Gasteiger partial charge in [0.15, 0.2) is 0 Å². The van der Waals surface area contributed by atoms with Gasteiger partial charge in [0.1, 0.15) is 5.65 Å². The van der Waals surface area contributed by atoms with Gasteiger partial charge >= 0.3 is 5.97 Å². The van der Waals surface area contributed by atoms with Gasteiger partial charge in [-0.3, -0.25) is 9.20 Å². The molecule has 0 spiro atoms. The number of rotatable bonds is 3. The lowest BCUT2D eigenvalue weighted by atomic mass is 10.0. The second-order valence-electron chi connectivity index (χ2n) is 6.07. The minimum absolute atomic E-state index is 0.0504. The monoisotopic (exact) mass is 334 g/mol. The summed E-state index contributed by atoms with van der Waals surface area (Å²) in [7, 11) is 0. The van der Waals surface area contributed by atoms with Gasteiger partial charge in [-0.15, -0.1) is 0 Å². The van der Waals surface area contributed by atoms with Crippen LogP contribution < -0.4 is 5.56 Å². The van der Waals surface area contributed by atoms with Crippen molar-refractivity contribution in [1.82, 2.24) is 9.38 Å². The molecule has 1 N–H and O–H groups in total. The quantitative estimate of drug-likeness (QED) is 0.796. The number of aryl methyl sites for hydroxylation is 2. The average molecular weight is 334 g/mol. The first-order chi connectivity index (χ1) is 11.9. The van der Waals surface area contributed by atoms with Crippen LogP contribution in [0.1, 0.15) is 38.3 Å². The Morgan fingerprint density at radius 1 is 1.12 bits per heavy atom. The van der Waals surface area contributed by atoms with Crippen molar-refractivity contribution in [1.29, 1.82) is 0 Å². The zero-order valence-corrected chi connectivity index (χ0v) is 14.3. The van der Waals surface area contributed by atoms with Gasteiger partial charge in [0, 0.05) is 11.8 Å². The van der Waals surface area contributed by atoms with Crippen LogP contribution in [0.5, 0.6) is 0 Å². The maximum atomic E-state index is 12.6. The highest BCUT2D eigenvalue weighted by atomic mass is 16.4. The van der Waals surface area contributed by atoms with Crippen LogP contribution in [0, 0.1) is 20.8 Å². The maximum absolute atomic E-state index is 12.6. The predicted octanol–water partition coefficient (Wildman–Crippen LogP) is 3.49. The first kappa shape index (κ1) is 16.6. The molecule has 0 aliphatic carbocycles. The summed E-state index contributed by atoms with van der Waals surface area (Å²) in [5.74, 6) is -1.08. The van der Waals surface area contributed by atoms with E-state index < -0.39 is 5.97 Å². The third-order valence-corrected chi connectivity index (χ3v) is 4.19. The molecule has 0 unspecified atom stereocenters. The van der Waals surface area contributed by atoms with E-state index in [1.54, 1.807) is 13.0 Å². The summed E-state index contributed by atoms with van der Waals surface area (Å²) in [6.07, 6.45) is 5.07. The van der Waals surface area contributed by atoms with Crippen LogP contribution in [0.2, 0.25) is 0 Å². The molecule has 5 nitrogen and oxygen atoms in total. The normalized spacial score (nSPS) is 11.3. The van der Waals surface area contributed by atoms with E-state index in [-0.39, 0.29) is 11.1 Å². The van der Waals surface area contributed by atoms with Gasteiger partial charge in [-0.2, -0.15) is 0 Å². The van der Waals surface area contributed by atoms with Crippen LogP contribution in [0.15, 0.2) is 41.3 Å². The van der Waals surface area contributed by atoms with Crippen LogP contribution >= 0.6 is 0 Å². The number of carboxylic acid groups (broad SMARTS) is 1. The highest BCUT2D eigenvalue weighted by molar-refractivity contribution is 5.87. The molecular formula is C20H18N2O3. The Balaban J connectivity index is 2.11. The molecule has 25 heavy (non-hydrogen) atoms. The topological polar surface area (TPSA) is 71.7 Å². The molecule has 0 atom stereocenters. The molecule has 0 bridgehead atoms. The molecule has 0 aliphatic heterocycles. The molecule has 3 rings (SSSR count). The summed E-state index contributed by atoms with van der Waals surface area (Å²) in [5, 5.41) is 9.07. The number of fused-ring (bicyclic) bond motifs is 1. The summed E-state index contributed by atoms with van der Waals surface area (Å²) in [6, 6.07) is 9.17. The first-order valence-corrected chi connectivity index (χ1v) is 7.88. The zero-order chi connectivity index (χ0) is 18.1. The zero-order valence-electron chi connectivity index (χ0n) is 14.3. The largest absolute Gasteiger partial charge is 0.478 e. The van der Waals surface area contributed by atoms with E-state index in [2.05, 4.69) is 23.2 Å². The minimum Gasteiger partial charge on any atom is -0.478 e. The number of aromatic nitrogens is 2. The van der Waals surface area contributed by atoms with Crippen LogP contribution in [0.3, 0.4) is 0 Å². The molecule has 0 saturated heterocycles. The molecule has 5 heteroatoms. The second kappa shape index (κ2) is 6.36. The molecule has 3 aromatic rings. The Hall–Kier alpha value is -3.21. The molecule has 126 valence electrons. The van der Waals surface area contributed by atoms with E-state index >= 15 is 0 Å². The van der Waals surface area contributed by atoms with Crippen molar-refractivity contribution in [2.45, 2.75) is 20.8 Å². The standard InChI is InChI=1S/C20H18N2O3/c1-12-4-5-13(2)15(10-12)6-8-17-14(3)19(23)22-11-16(20(24)25)7-9-18(22)21-17/h4-11H,1-3H3,(H,24,25). The Morgan fingerprint density at radius 2 is 1.88 bits per heavy atom. The van der Waals surface area contributed by atoms with E-state index in [4.69, 9.17) is 5.11 Å². The Kier molecular flexibility index (Phi) is 4.23. The minimum atomic E-state index is -1.08. The van der Waals surface area contributed by atoms with E-state index in [1.807, 2.05) is 26.0 Å². The van der Waals surface area contributed by atoms with Crippen molar-refractivity contribution in [2.24, 2.45) is 0 Å². The average Bonchev–Trinajstić information content (AvgIpc) is 2.59. The fraction of sp³-hybridized carbons (Fsp3) is 0.150. The number of carboxylic acids is 1. The van der Waals surface area contributed by atoms with E-state index in [1.165, 1.54) is 16.7 Å². The molecule has 2 aromatic heterocycles. The van der Waals surface area contributed by atoms with Crippen molar-refractivity contribution in [2.75, 3.05) is 0 Å². The van der Waals surface area contributed by atoms with E-state index in [0.29, 0.717) is 16.9 Å². The first-order valence-electron chi connectivity index (χ1n) is 7.88. The summed E-state index contributed by atoms with van der Waals surface area (Å²) < 4.78 is 1.27. The third kappa shape index (κ3) is 3.21. The molecule has 0 saturated carbocycles. The molecule has 0 amide bonds. The Morgan fingerprint density at radius 3 is 2.60 bits per heavy atom. The van der Waals surface area contributed by atoms with Crippen LogP contribution in [-0.2, 0) is 0 Å². The number of benzene rings is 1. The lowest BCUT2D eigenvalue weighted by molar-refractivity contribution is 0.0696. The number of nitrogens with zero attached hydrogens (tertiary/aromatic N) is 2. The van der Waals surface area contributed by atoms with Crippen LogP contribution in [0.4, 0.5) is 0 Å². The van der Waals surface area contributed by atoms with Crippen LogP contribution in [-0.4, -0.2) is 20.5 Å². The molecule has 0 fully saturated rings. The van der Waals surface area contributed by atoms with Crippen molar-refractivity contribution in [3.05, 3.63) is 80.4 Å². The summed E-state index contributed by atoms with van der Waals surface area (Å²) in [4.78, 5) is 28.1. The van der Waals surface area contributed by atoms with Crippen molar-refractivity contribution in [3.63, 3.8) is 0 Å². The van der Waals surface area contributed by atoms with Gasteiger partial charge in [-0.1, -0.05) is 29.8 Å². The smallest absolute Gasteiger partial charge is 0.337 e. The van der Waals surface area contributed by atoms with Gasteiger partial charge < -0.3 is 5.11 Å². The number of hydrogen-bond donors (Lipinski definition) is 1. The highest BCUT2D eigenvalue weighted by Crippen LogP contribution is 2.15. The number of pyridine rings is 1. The summed E-state index contributed by atoms with van der Waals surface area (Å²) in [6.45, 7) is 5.75. The van der Waals surface area contributed by atoms with E-state index in [9.17, 15) is 9.59 Å². The van der Waals surface area contributed by atoms with Gasteiger partial charge in [0.05, 0.1) is 11.3 Å². The molecule has 0 radical (unpaired) electrons. The maximum Gasteiger partial charge on any atom is 0.337 e. The Labute approximate surface area is 144 Å². The third-order valence-electron chi connectivity index (χ3n) is 4.19. The van der Waals surface area contributed by atoms with Gasteiger partial charge in [-0.05, 0) is 50.1 Å². The lowest BCUT2D eigenvalue weighted by Gasteiger charge is -2.06. The fourth-order valence-corrected chi connectivity index (χ4v) is 2.64. The SMILES string of the molecule is Cc1ccc(C)c(C=Cc2nc3ccc(C(=O)O)cn3c(=O)c2C)c1. The van der Waals surface area contributed by atoms with Crippen molar-refractivity contribution in [3.8, 4) is 0 Å². The lowest BCUT2D eigenvalue weighted by Crippen LogP contribution is -2.20. The molecule has 0 aliphatic rings. The Bertz CT molecular complexity index is 1080. The molecule has 1 aromatic carbocycles. The molecular weight excluding hydrogens is 316 g/mol. The predicted molar refractivity (Wildman–Crippen MR) is 98.0 cm³/mol. The van der Waals surface area contributed by atoms with Crippen molar-refractivity contribution >= 4 is 23.8 Å². The van der Waals surface area contributed by atoms with E-state index in [0.717, 1.165) is 16.7 Å². The second-order valence-corrected chi connectivity index (χ2v) is 6.07. The number of carbonyl (C=O) groups is 1. The highest BCUT2D eigenvalue weighted by Gasteiger charge is 2.10. The van der Waals surface area contributed by atoms with Crippen LogP contribution in [0.25, 0.3) is 17.8 Å². The number of aromatic carboxylic acids is 1. The molecule has 2 heterocycles. The fourth-order valence-electron chi connectivity index (χ4n) is 2.64. The van der Waals surface area contributed by atoms with Gasteiger partial charge in [-0.25, -0.2) is 9.78 Å². The van der Waals surface area contributed by atoms with Crippen molar-refractivity contribution < 1.29 is 9.90 Å². The number of hydrogen-bond acceptors (Lipinski definition) is 3.